The van der Waals surface area contributed by atoms with Gasteiger partial charge in [-0.2, -0.15) is 13.2 Å². The van der Waals surface area contributed by atoms with Gasteiger partial charge >= 0.3 is 11.9 Å². The van der Waals surface area contributed by atoms with Gasteiger partial charge in [-0.05, 0) is 60.4 Å². The normalized spacial score (nSPS) is 13.8. The van der Waals surface area contributed by atoms with Crippen LogP contribution < -0.4 is 10.7 Å². The van der Waals surface area contributed by atoms with Gasteiger partial charge in [0.05, 0.1) is 5.02 Å². The number of nitrogens with one attached hydrogen (secondary N) is 1. The monoisotopic (exact) mass is 472 g/mol. The van der Waals surface area contributed by atoms with E-state index < -0.39 is 17.6 Å². The van der Waals surface area contributed by atoms with Crippen molar-refractivity contribution in [3.05, 3.63) is 81.6 Å². The molecule has 0 atom stereocenters. The number of hydrogen-bond acceptors (Lipinski definition) is 5. The minimum Gasteiger partial charge on any atom is -0.341 e. The SMILES string of the molecule is O=c1[nH]c(-c2ccc(N3CCCc4cc(-c5ccc(C(F)(F)F)nc5)ccc43)cc2Cl)no1. The predicted octanol–water partition coefficient (Wildman–Crippen LogP) is 5.85. The van der Waals surface area contributed by atoms with E-state index in [2.05, 4.69) is 24.5 Å². The van der Waals surface area contributed by atoms with E-state index in [9.17, 15) is 18.0 Å². The molecule has 5 rings (SSSR count). The number of hydrogen-bond donors (Lipinski definition) is 1. The molecule has 1 N–H and O–H groups in total. The lowest BCUT2D eigenvalue weighted by Gasteiger charge is -2.32. The molecule has 0 radical (unpaired) electrons. The molecule has 0 amide bonds. The van der Waals surface area contributed by atoms with Gasteiger partial charge in [0.25, 0.3) is 0 Å². The fourth-order valence-corrected chi connectivity index (χ4v) is 4.25. The lowest BCUT2D eigenvalue weighted by atomic mass is 9.96. The molecule has 2 aromatic carbocycles. The van der Waals surface area contributed by atoms with Crippen LogP contribution in [0, 0.1) is 0 Å². The number of anilines is 2. The zero-order valence-electron chi connectivity index (χ0n) is 17.0. The molecule has 2 aromatic heterocycles. The molecule has 1 aliphatic heterocycles. The summed E-state index contributed by atoms with van der Waals surface area (Å²) in [6, 6.07) is 13.7. The summed E-state index contributed by atoms with van der Waals surface area (Å²) in [5.41, 5.74) is 4.03. The number of fused-ring (bicyclic) bond motifs is 1. The molecule has 4 aromatic rings. The smallest absolute Gasteiger partial charge is 0.341 e. The number of alkyl halides is 3. The molecule has 168 valence electrons. The van der Waals surface area contributed by atoms with Crippen molar-refractivity contribution in [2.75, 3.05) is 11.4 Å². The van der Waals surface area contributed by atoms with Gasteiger partial charge in [0.15, 0.2) is 5.82 Å². The molecular formula is C23H16ClF3N4O2. The fourth-order valence-electron chi connectivity index (χ4n) is 3.99. The maximum atomic E-state index is 12.8. The second kappa shape index (κ2) is 8.08. The van der Waals surface area contributed by atoms with E-state index in [0.29, 0.717) is 16.1 Å². The number of halogens is 4. The highest BCUT2D eigenvalue weighted by molar-refractivity contribution is 6.33. The zero-order chi connectivity index (χ0) is 23.2. The van der Waals surface area contributed by atoms with Crippen molar-refractivity contribution in [1.29, 1.82) is 0 Å². The Labute approximate surface area is 190 Å². The second-order valence-corrected chi connectivity index (χ2v) is 8.04. The van der Waals surface area contributed by atoms with Gasteiger partial charge in [-0.3, -0.25) is 14.5 Å². The Kier molecular flexibility index (Phi) is 5.20. The van der Waals surface area contributed by atoms with Gasteiger partial charge in [-0.25, -0.2) is 4.79 Å². The second-order valence-electron chi connectivity index (χ2n) is 7.64. The Balaban J connectivity index is 1.45. The van der Waals surface area contributed by atoms with E-state index >= 15 is 0 Å². The van der Waals surface area contributed by atoms with E-state index in [4.69, 9.17) is 11.6 Å². The van der Waals surface area contributed by atoms with Crippen molar-refractivity contribution in [2.45, 2.75) is 19.0 Å². The molecular weight excluding hydrogens is 457 g/mol. The fraction of sp³-hybridized carbons (Fsp3) is 0.174. The average molecular weight is 473 g/mol. The van der Waals surface area contributed by atoms with Gasteiger partial charge in [0.2, 0.25) is 0 Å². The van der Waals surface area contributed by atoms with Crippen LogP contribution in [0.2, 0.25) is 5.02 Å². The van der Waals surface area contributed by atoms with Crippen molar-refractivity contribution in [3.8, 4) is 22.5 Å². The van der Waals surface area contributed by atoms with Crippen molar-refractivity contribution in [3.63, 3.8) is 0 Å². The number of aromatic amines is 1. The highest BCUT2D eigenvalue weighted by Crippen LogP contribution is 2.38. The van der Waals surface area contributed by atoms with Crippen LogP contribution in [0.4, 0.5) is 24.5 Å². The summed E-state index contributed by atoms with van der Waals surface area (Å²) in [7, 11) is 0. The Morgan fingerprint density at radius 2 is 1.88 bits per heavy atom. The van der Waals surface area contributed by atoms with E-state index in [0.717, 1.165) is 48.0 Å². The standard InChI is InChI=1S/C23H16ClF3N4O2/c24-18-11-16(5-6-17(18)21-29-22(32)33-30-21)31-9-1-2-14-10-13(3-7-19(14)31)15-4-8-20(28-12-15)23(25,26)27/h3-8,10-12H,1-2,9H2,(H,29,30,32). The molecule has 0 bridgehead atoms. The molecule has 0 aliphatic carbocycles. The lowest BCUT2D eigenvalue weighted by molar-refractivity contribution is -0.141. The van der Waals surface area contributed by atoms with Gasteiger partial charge in [-0.15, -0.1) is 0 Å². The quantitative estimate of drug-likeness (QED) is 0.405. The highest BCUT2D eigenvalue weighted by Gasteiger charge is 2.32. The Hall–Kier alpha value is -3.59. The lowest BCUT2D eigenvalue weighted by Crippen LogP contribution is -2.24. The summed E-state index contributed by atoms with van der Waals surface area (Å²) >= 11 is 6.45. The van der Waals surface area contributed by atoms with Crippen molar-refractivity contribution >= 4 is 23.0 Å². The number of benzene rings is 2. The molecule has 0 fully saturated rings. The van der Waals surface area contributed by atoms with E-state index in [1.807, 2.05) is 24.3 Å². The summed E-state index contributed by atoms with van der Waals surface area (Å²) in [4.78, 5) is 19.4. The van der Waals surface area contributed by atoms with Gasteiger partial charge in [0.1, 0.15) is 5.69 Å². The largest absolute Gasteiger partial charge is 0.439 e. The number of nitrogens with zero attached hydrogens (tertiary/aromatic N) is 3. The van der Waals surface area contributed by atoms with Gasteiger partial charge in [-0.1, -0.05) is 28.9 Å². The molecule has 6 nitrogen and oxygen atoms in total. The minimum absolute atomic E-state index is 0.255. The van der Waals surface area contributed by atoms with Crippen LogP contribution in [-0.2, 0) is 12.6 Å². The molecule has 10 heteroatoms. The van der Waals surface area contributed by atoms with Crippen LogP contribution in [0.15, 0.2) is 64.0 Å². The Bertz CT molecular complexity index is 1380. The average Bonchev–Trinajstić information content (AvgIpc) is 3.23. The van der Waals surface area contributed by atoms with Crippen molar-refractivity contribution in [1.82, 2.24) is 15.1 Å². The van der Waals surface area contributed by atoms with Crippen LogP contribution in [0.3, 0.4) is 0 Å². The number of aryl methyl sites for hydroxylation is 1. The molecule has 1 aliphatic rings. The van der Waals surface area contributed by atoms with Crippen LogP contribution >= 0.6 is 11.6 Å². The van der Waals surface area contributed by atoms with Crippen molar-refractivity contribution < 1.29 is 17.7 Å². The molecule has 0 saturated heterocycles. The first-order valence-corrected chi connectivity index (χ1v) is 10.5. The number of pyridine rings is 1. The van der Waals surface area contributed by atoms with E-state index in [1.165, 1.54) is 12.3 Å². The third-order valence-electron chi connectivity index (χ3n) is 5.55. The summed E-state index contributed by atoms with van der Waals surface area (Å²) in [5, 5.41) is 4.09. The maximum absolute atomic E-state index is 12.8. The predicted molar refractivity (Wildman–Crippen MR) is 118 cm³/mol. The van der Waals surface area contributed by atoms with E-state index in [-0.39, 0.29) is 5.82 Å². The summed E-state index contributed by atoms with van der Waals surface area (Å²) in [5.74, 6) is -0.403. The number of aromatic nitrogens is 3. The third kappa shape index (κ3) is 4.11. The molecule has 0 saturated carbocycles. The number of rotatable bonds is 3. The van der Waals surface area contributed by atoms with Crippen LogP contribution in [0.5, 0.6) is 0 Å². The van der Waals surface area contributed by atoms with Crippen molar-refractivity contribution in [2.24, 2.45) is 0 Å². The topological polar surface area (TPSA) is 75.0 Å². The zero-order valence-corrected chi connectivity index (χ0v) is 17.7. The summed E-state index contributed by atoms with van der Waals surface area (Å²) in [6.07, 6.45) is -1.47. The molecule has 3 heterocycles. The maximum Gasteiger partial charge on any atom is 0.439 e. The molecule has 33 heavy (non-hydrogen) atoms. The van der Waals surface area contributed by atoms with E-state index in [1.54, 1.807) is 12.1 Å². The molecule has 0 unspecified atom stereocenters. The Morgan fingerprint density at radius 3 is 2.55 bits per heavy atom. The van der Waals surface area contributed by atoms with Crippen LogP contribution in [-0.4, -0.2) is 21.7 Å². The summed E-state index contributed by atoms with van der Waals surface area (Å²) < 4.78 is 43.0. The minimum atomic E-state index is -4.46. The number of H-pyrrole nitrogens is 1. The van der Waals surface area contributed by atoms with Crippen LogP contribution in [0.1, 0.15) is 17.7 Å². The first-order valence-electron chi connectivity index (χ1n) is 10.1. The first-order chi connectivity index (χ1) is 15.8. The molecule has 0 spiro atoms. The highest BCUT2D eigenvalue weighted by atomic mass is 35.5. The summed E-state index contributed by atoms with van der Waals surface area (Å²) in [6.45, 7) is 0.782. The first kappa shape index (κ1) is 21.3. The van der Waals surface area contributed by atoms with Crippen LogP contribution in [0.25, 0.3) is 22.5 Å². The third-order valence-corrected chi connectivity index (χ3v) is 5.86. The van der Waals surface area contributed by atoms with Gasteiger partial charge < -0.3 is 4.90 Å². The van der Waals surface area contributed by atoms with Gasteiger partial charge in [0, 0.05) is 35.2 Å². The Morgan fingerprint density at radius 1 is 1.06 bits per heavy atom.